The number of benzene rings is 3. The Morgan fingerprint density at radius 2 is 1.24 bits per heavy atom. The summed E-state index contributed by atoms with van der Waals surface area (Å²) in [5, 5.41) is 0. The molecule has 0 atom stereocenters. The maximum absolute atomic E-state index is 6.14. The minimum absolute atomic E-state index is 0. The number of nitrogens with zero attached hydrogens (tertiary/aromatic N) is 1. The van der Waals surface area contributed by atoms with Gasteiger partial charge in [0.1, 0.15) is 5.69 Å². The molecule has 118 valence electrons. The van der Waals surface area contributed by atoms with Crippen LogP contribution in [-0.4, -0.2) is 4.98 Å². The van der Waals surface area contributed by atoms with E-state index in [-0.39, 0.29) is 19.5 Å². The van der Waals surface area contributed by atoms with Gasteiger partial charge in [-0.15, -0.1) is 0 Å². The monoisotopic (exact) mass is 392 g/mol. The van der Waals surface area contributed by atoms with E-state index in [0.717, 1.165) is 33.0 Å². The van der Waals surface area contributed by atoms with E-state index in [1.807, 2.05) is 84.9 Å². The van der Waals surface area contributed by atoms with Crippen LogP contribution in [0.2, 0.25) is 0 Å². The number of rotatable bonds is 3. The zero-order valence-electron chi connectivity index (χ0n) is 13.6. The molecule has 0 amide bonds. The largest absolute Gasteiger partial charge is 0.779 e. The molecule has 0 spiro atoms. The smallest absolute Gasteiger partial charge is 0.225 e. The fraction of sp³-hybridized carbons (Fsp3) is 0. The molecule has 0 N–H and O–H groups in total. The maximum Gasteiger partial charge on any atom is 0.225 e. The summed E-state index contributed by atoms with van der Waals surface area (Å²) in [6, 6.07) is 27.8. The topological polar surface area (TPSA) is 26.0 Å². The standard InChI is InChI=1S/C21H15NOS.Zn/c24-18-14-8-7-13-17(18)21-22-19(15-9-3-1-4-10-15)20(23-21)16-11-5-2-6-12-16;/h1-14,24H;/p-1. The molecule has 0 fully saturated rings. The van der Waals surface area contributed by atoms with Crippen LogP contribution >= 0.6 is 0 Å². The van der Waals surface area contributed by atoms with Crippen molar-refractivity contribution in [3.63, 3.8) is 0 Å². The zero-order valence-corrected chi connectivity index (χ0v) is 17.3. The van der Waals surface area contributed by atoms with Crippen molar-refractivity contribution in [3.8, 4) is 34.0 Å². The third-order valence-electron chi connectivity index (χ3n) is 3.83. The van der Waals surface area contributed by atoms with Gasteiger partial charge >= 0.3 is 0 Å². The summed E-state index contributed by atoms with van der Waals surface area (Å²) in [6.45, 7) is 0. The van der Waals surface area contributed by atoms with Gasteiger partial charge in [0.2, 0.25) is 5.89 Å². The van der Waals surface area contributed by atoms with Crippen molar-refractivity contribution in [2.24, 2.45) is 0 Å². The molecule has 4 heteroatoms. The molecule has 0 radical (unpaired) electrons. The second-order valence-electron chi connectivity index (χ2n) is 5.42. The van der Waals surface area contributed by atoms with Crippen molar-refractivity contribution in [2.45, 2.75) is 4.90 Å². The van der Waals surface area contributed by atoms with Gasteiger partial charge < -0.3 is 17.0 Å². The third-order valence-corrected chi connectivity index (χ3v) is 4.18. The summed E-state index contributed by atoms with van der Waals surface area (Å²) < 4.78 is 6.14. The fourth-order valence-corrected chi connectivity index (χ4v) is 2.89. The van der Waals surface area contributed by atoms with Gasteiger partial charge in [0.25, 0.3) is 0 Å². The number of oxazole rings is 1. The van der Waals surface area contributed by atoms with Crippen molar-refractivity contribution < 1.29 is 23.9 Å². The van der Waals surface area contributed by atoms with Crippen molar-refractivity contribution in [3.05, 3.63) is 84.9 Å². The van der Waals surface area contributed by atoms with E-state index in [9.17, 15) is 0 Å². The van der Waals surface area contributed by atoms with Gasteiger partial charge in [-0.05, 0) is 0 Å². The molecule has 1 aromatic heterocycles. The number of hydrogen-bond acceptors (Lipinski definition) is 3. The van der Waals surface area contributed by atoms with Crippen LogP contribution in [0.3, 0.4) is 0 Å². The first-order chi connectivity index (χ1) is 11.8. The van der Waals surface area contributed by atoms with Crippen LogP contribution in [-0.2, 0) is 32.1 Å². The van der Waals surface area contributed by atoms with E-state index in [4.69, 9.17) is 22.0 Å². The maximum atomic E-state index is 6.14. The Bertz CT molecular complexity index is 911. The minimum Gasteiger partial charge on any atom is -0.779 e. The van der Waals surface area contributed by atoms with Crippen molar-refractivity contribution in [2.75, 3.05) is 0 Å². The van der Waals surface area contributed by atoms with Gasteiger partial charge in [-0.2, -0.15) is 4.90 Å². The van der Waals surface area contributed by atoms with Crippen LogP contribution in [0.4, 0.5) is 0 Å². The van der Waals surface area contributed by atoms with E-state index in [0.29, 0.717) is 5.89 Å². The van der Waals surface area contributed by atoms with Crippen LogP contribution in [0.15, 0.2) is 94.2 Å². The van der Waals surface area contributed by atoms with Crippen LogP contribution in [0.1, 0.15) is 0 Å². The van der Waals surface area contributed by atoms with Gasteiger partial charge in [-0.1, -0.05) is 84.9 Å². The van der Waals surface area contributed by atoms with Gasteiger partial charge in [0.15, 0.2) is 5.76 Å². The van der Waals surface area contributed by atoms with E-state index >= 15 is 0 Å². The molecule has 3 aromatic carbocycles. The summed E-state index contributed by atoms with van der Waals surface area (Å²) >= 11 is 5.42. The third kappa shape index (κ3) is 3.56. The Morgan fingerprint density at radius 1 is 0.680 bits per heavy atom. The van der Waals surface area contributed by atoms with Gasteiger partial charge in [0, 0.05) is 36.2 Å². The number of aromatic nitrogens is 1. The van der Waals surface area contributed by atoms with E-state index < -0.39 is 0 Å². The molecular weight excluding hydrogens is 380 g/mol. The second-order valence-corrected chi connectivity index (χ2v) is 5.86. The summed E-state index contributed by atoms with van der Waals surface area (Å²) in [5.74, 6) is 1.31. The van der Waals surface area contributed by atoms with Gasteiger partial charge in [-0.25, -0.2) is 4.98 Å². The zero-order chi connectivity index (χ0) is 16.4. The Kier molecular flexibility index (Phi) is 5.42. The van der Waals surface area contributed by atoms with Crippen molar-refractivity contribution in [1.29, 1.82) is 0 Å². The predicted octanol–water partition coefficient (Wildman–Crippen LogP) is 5.58. The molecule has 2 nitrogen and oxygen atoms in total. The molecule has 4 rings (SSSR count). The average Bonchev–Trinajstić information content (AvgIpc) is 3.09. The summed E-state index contributed by atoms with van der Waals surface area (Å²) in [7, 11) is 0. The van der Waals surface area contributed by atoms with E-state index in [1.165, 1.54) is 0 Å². The molecule has 25 heavy (non-hydrogen) atoms. The van der Waals surface area contributed by atoms with E-state index in [1.54, 1.807) is 0 Å². The fourth-order valence-electron chi connectivity index (χ4n) is 2.66. The molecular formula is C21H14NOSZn-. The number of hydrogen-bond donors (Lipinski definition) is 0. The van der Waals surface area contributed by atoms with E-state index in [2.05, 4.69) is 0 Å². The van der Waals surface area contributed by atoms with Crippen LogP contribution in [0.25, 0.3) is 34.0 Å². The molecule has 0 unspecified atom stereocenters. The molecule has 0 saturated heterocycles. The first-order valence-electron chi connectivity index (χ1n) is 7.71. The normalized spacial score (nSPS) is 10.2. The molecule has 1 heterocycles. The minimum atomic E-state index is 0. The Labute approximate surface area is 165 Å². The summed E-state index contributed by atoms with van der Waals surface area (Å²) in [4.78, 5) is 5.49. The summed E-state index contributed by atoms with van der Waals surface area (Å²) in [5.41, 5.74) is 3.69. The van der Waals surface area contributed by atoms with Crippen LogP contribution in [0.5, 0.6) is 0 Å². The quantitative estimate of drug-likeness (QED) is 0.336. The van der Waals surface area contributed by atoms with Gasteiger partial charge in [0.05, 0.1) is 0 Å². The van der Waals surface area contributed by atoms with Crippen LogP contribution < -0.4 is 0 Å². The first kappa shape index (κ1) is 17.5. The molecule has 0 aliphatic carbocycles. The Morgan fingerprint density at radius 3 is 1.88 bits per heavy atom. The Balaban J connectivity index is 0.00000182. The molecule has 4 aromatic rings. The Hall–Kier alpha value is -2.29. The SMILES string of the molecule is [S-]c1ccccc1-c1nc(-c2ccccc2)c(-c2ccccc2)o1.[Zn]. The predicted molar refractivity (Wildman–Crippen MR) is 98.4 cm³/mol. The second kappa shape index (κ2) is 7.73. The molecule has 0 bridgehead atoms. The van der Waals surface area contributed by atoms with Gasteiger partial charge in [-0.3, -0.25) is 0 Å². The molecule has 0 saturated carbocycles. The van der Waals surface area contributed by atoms with Crippen molar-refractivity contribution >= 4 is 12.6 Å². The average molecular weight is 394 g/mol. The first-order valence-corrected chi connectivity index (χ1v) is 8.12. The van der Waals surface area contributed by atoms with Crippen LogP contribution in [0, 0.1) is 0 Å². The van der Waals surface area contributed by atoms with Crippen molar-refractivity contribution in [1.82, 2.24) is 4.98 Å². The summed E-state index contributed by atoms with van der Waals surface area (Å²) in [6.07, 6.45) is 0. The molecule has 0 aliphatic heterocycles. The molecule has 0 aliphatic rings.